The van der Waals surface area contributed by atoms with E-state index in [1.807, 2.05) is 42.5 Å². The summed E-state index contributed by atoms with van der Waals surface area (Å²) in [5.74, 6) is -1.11. The number of carbonyl (C=O) groups is 3. The van der Waals surface area contributed by atoms with Crippen LogP contribution in [0.4, 0.5) is 5.69 Å². The topological polar surface area (TPSA) is 106 Å². The molecule has 1 aliphatic carbocycles. The average molecular weight is 608 g/mol. The predicted octanol–water partition coefficient (Wildman–Crippen LogP) is 3.92. The quantitative estimate of drug-likeness (QED) is 0.482. The Labute approximate surface area is 240 Å². The molecule has 2 N–H and O–H groups in total. The fraction of sp³-hybridized carbons (Fsp3) is 0.433. The molecule has 5 atom stereocenters. The number of hydrogen-bond donors (Lipinski definition) is 2. The third kappa shape index (κ3) is 4.19. The van der Waals surface area contributed by atoms with Crippen LogP contribution < -0.4 is 20.1 Å². The van der Waals surface area contributed by atoms with Gasteiger partial charge in [-0.1, -0.05) is 53.4 Å². The second-order valence-electron chi connectivity index (χ2n) is 11.2. The van der Waals surface area contributed by atoms with E-state index < -0.39 is 29.6 Å². The van der Waals surface area contributed by atoms with E-state index in [0.29, 0.717) is 17.2 Å². The van der Waals surface area contributed by atoms with Crippen LogP contribution in [0.15, 0.2) is 59.1 Å². The average Bonchev–Trinajstić information content (AvgIpc) is 3.71. The van der Waals surface area contributed by atoms with Gasteiger partial charge in [-0.3, -0.25) is 14.4 Å². The van der Waals surface area contributed by atoms with Crippen LogP contribution in [-0.4, -0.2) is 53.2 Å². The third-order valence-electron chi connectivity index (χ3n) is 8.78. The minimum atomic E-state index is -1.21. The number of halogens is 1. The van der Waals surface area contributed by atoms with Crippen molar-refractivity contribution in [2.45, 2.75) is 62.4 Å². The van der Waals surface area contributed by atoms with Crippen molar-refractivity contribution in [2.24, 2.45) is 11.8 Å². The van der Waals surface area contributed by atoms with E-state index in [9.17, 15) is 14.4 Å². The van der Waals surface area contributed by atoms with E-state index in [0.717, 1.165) is 35.7 Å². The molecule has 7 rings (SSSR count). The smallest absolute Gasteiger partial charge is 0.246 e. The Hall–Kier alpha value is -3.37. The maximum atomic E-state index is 14.2. The molecular weight excluding hydrogens is 578 g/mol. The summed E-state index contributed by atoms with van der Waals surface area (Å²) in [7, 11) is 0. The van der Waals surface area contributed by atoms with Crippen LogP contribution in [0.25, 0.3) is 0 Å². The first-order chi connectivity index (χ1) is 19.4. The number of fused-ring (bicyclic) bond motifs is 2. The lowest BCUT2D eigenvalue weighted by atomic mass is 9.74. The predicted molar refractivity (Wildman–Crippen MR) is 148 cm³/mol. The molecule has 1 spiro atoms. The van der Waals surface area contributed by atoms with Crippen LogP contribution in [0.1, 0.15) is 37.7 Å². The summed E-state index contributed by atoms with van der Waals surface area (Å²) in [4.78, 5) is 43.4. The second-order valence-corrected chi connectivity index (χ2v) is 12.1. The number of nitrogens with zero attached hydrogens (tertiary/aromatic N) is 1. The lowest BCUT2D eigenvalue weighted by molar-refractivity contribution is -0.142. The minimum Gasteiger partial charge on any atom is -0.454 e. The Morgan fingerprint density at radius 2 is 1.77 bits per heavy atom. The van der Waals surface area contributed by atoms with Gasteiger partial charge in [0.1, 0.15) is 11.6 Å². The molecule has 2 bridgehead atoms. The first-order valence-electron chi connectivity index (χ1n) is 13.9. The van der Waals surface area contributed by atoms with Crippen molar-refractivity contribution < 1.29 is 28.6 Å². The highest BCUT2D eigenvalue weighted by Crippen LogP contribution is 2.55. The molecule has 2 aromatic carbocycles. The molecule has 4 aliphatic heterocycles. The minimum absolute atomic E-state index is 0.0679. The molecule has 2 aromatic rings. The van der Waals surface area contributed by atoms with Crippen molar-refractivity contribution in [3.8, 4) is 11.5 Å². The maximum Gasteiger partial charge on any atom is 0.246 e. The number of nitrogens with one attached hydrogen (secondary N) is 2. The van der Waals surface area contributed by atoms with Gasteiger partial charge in [0.2, 0.25) is 24.5 Å². The van der Waals surface area contributed by atoms with E-state index in [-0.39, 0.29) is 37.1 Å². The molecule has 0 radical (unpaired) electrons. The van der Waals surface area contributed by atoms with Gasteiger partial charge >= 0.3 is 0 Å². The zero-order valence-corrected chi connectivity index (χ0v) is 23.4. The van der Waals surface area contributed by atoms with Crippen molar-refractivity contribution in [1.82, 2.24) is 10.2 Å². The molecule has 2 saturated heterocycles. The van der Waals surface area contributed by atoms with Gasteiger partial charge in [0.05, 0.1) is 17.9 Å². The van der Waals surface area contributed by atoms with E-state index in [1.165, 1.54) is 6.42 Å². The van der Waals surface area contributed by atoms with Gasteiger partial charge in [-0.2, -0.15) is 0 Å². The molecule has 40 heavy (non-hydrogen) atoms. The van der Waals surface area contributed by atoms with Crippen molar-refractivity contribution >= 4 is 39.3 Å². The first-order valence-corrected chi connectivity index (χ1v) is 14.7. The van der Waals surface area contributed by atoms with Crippen LogP contribution >= 0.6 is 15.9 Å². The fourth-order valence-corrected chi connectivity index (χ4v) is 7.22. The number of anilines is 1. The zero-order chi connectivity index (χ0) is 27.4. The number of benzene rings is 2. The van der Waals surface area contributed by atoms with E-state index in [1.54, 1.807) is 17.0 Å². The summed E-state index contributed by atoms with van der Waals surface area (Å²) >= 11 is 3.41. The third-order valence-corrected chi connectivity index (χ3v) is 9.31. The van der Waals surface area contributed by atoms with Crippen LogP contribution in [0.3, 0.4) is 0 Å². The molecule has 3 fully saturated rings. The Morgan fingerprint density at radius 3 is 2.58 bits per heavy atom. The van der Waals surface area contributed by atoms with Gasteiger partial charge in [0.15, 0.2) is 11.5 Å². The second kappa shape index (κ2) is 9.92. The summed E-state index contributed by atoms with van der Waals surface area (Å²) in [6.45, 7) is 0.327. The van der Waals surface area contributed by atoms with Crippen LogP contribution in [0.2, 0.25) is 0 Å². The Balaban J connectivity index is 1.21. The van der Waals surface area contributed by atoms with Crippen LogP contribution in [0, 0.1) is 11.8 Å². The Morgan fingerprint density at radius 1 is 1.00 bits per heavy atom. The molecule has 4 heterocycles. The number of likely N-dealkylation sites (tertiary alicyclic amines) is 1. The number of carbonyl (C=O) groups excluding carboxylic acids is 3. The summed E-state index contributed by atoms with van der Waals surface area (Å²) in [5, 5.41) is 6.17. The Bertz CT molecular complexity index is 1390. The number of rotatable bonds is 6. The number of amides is 3. The first kappa shape index (κ1) is 25.6. The molecular formula is C30H30BrN3O6. The Kier molecular flexibility index (Phi) is 6.35. The maximum absolute atomic E-state index is 14.2. The van der Waals surface area contributed by atoms with Crippen LogP contribution in [-0.2, 0) is 25.7 Å². The lowest BCUT2D eigenvalue weighted by Gasteiger charge is -2.34. The standard InChI is InChI=1S/C30H30BrN3O6/c31-18-7-9-20(10-8-18)32-27(35)24-22-12-13-30(40-22)25(24)29(37)34(15-17-6-11-21-23(14-17)39-16-38-21)26(30)28(36)33-19-4-2-1-3-5-19/h6-14,19,22,24-26H,1-5,15-16H2,(H,32,35)(H,33,36)/t22-,24?,25-,26?,30?/m0/s1. The molecule has 0 aromatic heterocycles. The summed E-state index contributed by atoms with van der Waals surface area (Å²) in [5.41, 5.74) is 0.223. The normalized spacial score (nSPS) is 30.0. The SMILES string of the molecule is O=C(Nc1ccc(Br)cc1)C1[C@@H]2C=CC3(O2)C(C(=O)NC2CCCCC2)N(Cc2ccc4c(c2)OCO4)C(=O)[C@H]13. The van der Waals surface area contributed by atoms with E-state index in [2.05, 4.69) is 26.6 Å². The summed E-state index contributed by atoms with van der Waals surface area (Å²) < 4.78 is 18.3. The monoisotopic (exact) mass is 607 g/mol. The van der Waals surface area contributed by atoms with Crippen molar-refractivity contribution in [2.75, 3.05) is 12.1 Å². The highest BCUT2D eigenvalue weighted by Gasteiger charge is 2.72. The van der Waals surface area contributed by atoms with Crippen LogP contribution in [0.5, 0.6) is 11.5 Å². The van der Waals surface area contributed by atoms with Gasteiger partial charge in [0.25, 0.3) is 0 Å². The summed E-state index contributed by atoms with van der Waals surface area (Å²) in [6, 6.07) is 12.0. The zero-order valence-electron chi connectivity index (χ0n) is 21.8. The van der Waals surface area contributed by atoms with Crippen molar-refractivity contribution in [1.29, 1.82) is 0 Å². The highest BCUT2D eigenvalue weighted by molar-refractivity contribution is 9.10. The number of hydrogen-bond acceptors (Lipinski definition) is 6. The van der Waals surface area contributed by atoms with Gasteiger partial charge in [-0.05, 0) is 54.8 Å². The lowest BCUT2D eigenvalue weighted by Crippen LogP contribution is -2.56. The summed E-state index contributed by atoms with van der Waals surface area (Å²) in [6.07, 6.45) is 8.24. The molecule has 10 heteroatoms. The van der Waals surface area contributed by atoms with Gasteiger partial charge in [-0.25, -0.2) is 0 Å². The molecule has 5 aliphatic rings. The largest absolute Gasteiger partial charge is 0.454 e. The van der Waals surface area contributed by atoms with Gasteiger partial charge in [-0.15, -0.1) is 0 Å². The van der Waals surface area contributed by atoms with E-state index >= 15 is 0 Å². The highest BCUT2D eigenvalue weighted by atomic mass is 79.9. The number of ether oxygens (including phenoxy) is 3. The molecule has 208 valence electrons. The molecule has 3 amide bonds. The molecule has 3 unspecified atom stereocenters. The fourth-order valence-electron chi connectivity index (χ4n) is 6.96. The van der Waals surface area contributed by atoms with Gasteiger partial charge < -0.3 is 29.7 Å². The van der Waals surface area contributed by atoms with E-state index in [4.69, 9.17) is 14.2 Å². The van der Waals surface area contributed by atoms with Gasteiger partial charge in [0, 0.05) is 22.7 Å². The van der Waals surface area contributed by atoms with Crippen molar-refractivity contribution in [3.63, 3.8) is 0 Å². The molecule has 9 nitrogen and oxygen atoms in total. The molecule has 1 saturated carbocycles. The van der Waals surface area contributed by atoms with Crippen molar-refractivity contribution in [3.05, 3.63) is 64.7 Å².